The quantitative estimate of drug-likeness (QED) is 0.352. The van der Waals surface area contributed by atoms with Crippen LogP contribution in [0.25, 0.3) is 11.3 Å². The zero-order valence-corrected chi connectivity index (χ0v) is 21.8. The summed E-state index contributed by atoms with van der Waals surface area (Å²) in [6.07, 6.45) is 7.79. The molecule has 1 aromatic carbocycles. The maximum atomic E-state index is 12.9. The van der Waals surface area contributed by atoms with Gasteiger partial charge in [0, 0.05) is 30.4 Å². The van der Waals surface area contributed by atoms with E-state index in [0.717, 1.165) is 39.5 Å². The number of benzene rings is 1. The number of aryl methyl sites for hydroxylation is 2. The van der Waals surface area contributed by atoms with E-state index in [1.54, 1.807) is 23.3 Å². The molecule has 4 rings (SSSR count). The topological polar surface area (TPSA) is 97.6 Å². The molecule has 1 atom stereocenters. The van der Waals surface area contributed by atoms with Crippen molar-refractivity contribution in [3.8, 4) is 11.3 Å². The van der Waals surface area contributed by atoms with Crippen LogP contribution in [0, 0.1) is 6.92 Å². The van der Waals surface area contributed by atoms with E-state index in [2.05, 4.69) is 77.4 Å². The number of nitrogens with zero attached hydrogens (tertiary/aromatic N) is 5. The molecule has 0 aliphatic heterocycles. The molecular formula is C26H31N7OS. The van der Waals surface area contributed by atoms with Crippen molar-refractivity contribution >= 4 is 28.9 Å². The normalized spacial score (nSPS) is 12.4. The first-order valence-electron chi connectivity index (χ1n) is 11.6. The molecule has 0 bridgehead atoms. The third kappa shape index (κ3) is 5.74. The smallest absolute Gasteiger partial charge is 0.263 e. The molecule has 182 valence electrons. The third-order valence-electron chi connectivity index (χ3n) is 5.64. The Kier molecular flexibility index (Phi) is 6.98. The van der Waals surface area contributed by atoms with Crippen LogP contribution in [-0.4, -0.2) is 30.6 Å². The van der Waals surface area contributed by atoms with Crippen LogP contribution < -0.4 is 10.6 Å². The van der Waals surface area contributed by atoms with Gasteiger partial charge < -0.3 is 10.6 Å². The summed E-state index contributed by atoms with van der Waals surface area (Å²) < 4.78 is 1.72. The Morgan fingerprint density at radius 3 is 2.60 bits per heavy atom. The average Bonchev–Trinajstić information content (AvgIpc) is 3.47. The Bertz CT molecular complexity index is 1340. The molecule has 0 spiro atoms. The van der Waals surface area contributed by atoms with Crippen molar-refractivity contribution in [3.63, 3.8) is 0 Å². The molecule has 0 saturated carbocycles. The van der Waals surface area contributed by atoms with Gasteiger partial charge in [0.15, 0.2) is 0 Å². The molecule has 0 aliphatic carbocycles. The monoisotopic (exact) mass is 489 g/mol. The minimum absolute atomic E-state index is 0.0753. The zero-order valence-electron chi connectivity index (χ0n) is 21.0. The highest BCUT2D eigenvalue weighted by Gasteiger charge is 2.22. The number of nitrogens with one attached hydrogen (secondary N) is 2. The second-order valence-corrected chi connectivity index (χ2v) is 10.6. The van der Waals surface area contributed by atoms with Crippen molar-refractivity contribution in [2.24, 2.45) is 7.05 Å². The maximum absolute atomic E-state index is 12.9. The molecule has 3 heterocycles. The third-order valence-corrected chi connectivity index (χ3v) is 7.06. The number of hydrogen-bond donors (Lipinski definition) is 2. The highest BCUT2D eigenvalue weighted by atomic mass is 32.1. The zero-order chi connectivity index (χ0) is 25.2. The summed E-state index contributed by atoms with van der Waals surface area (Å²) in [7, 11) is 1.86. The van der Waals surface area contributed by atoms with E-state index in [9.17, 15) is 4.79 Å². The average molecular weight is 490 g/mol. The van der Waals surface area contributed by atoms with Gasteiger partial charge in [0.1, 0.15) is 4.88 Å². The fourth-order valence-electron chi connectivity index (χ4n) is 3.78. The van der Waals surface area contributed by atoms with E-state index in [1.807, 2.05) is 25.4 Å². The standard InChI is InChI=1S/C26H31N7OS/c1-7-20(31-23(34)22-14-28-24(35-22)26(3,4)5)19-9-8-17(12-16(19)2)21-10-11-27-25(32-21)30-18-13-29-33(6)15-18/h8-15,20H,7H2,1-6H3,(H,31,34)(H,27,30,32). The molecule has 9 heteroatoms. The molecule has 1 unspecified atom stereocenters. The lowest BCUT2D eigenvalue weighted by Crippen LogP contribution is -2.28. The minimum Gasteiger partial charge on any atom is -0.344 e. The SMILES string of the molecule is CCC(NC(=O)c1cnc(C(C)(C)C)s1)c1ccc(-c2ccnc(Nc3cnn(C)c3)n2)cc1C. The van der Waals surface area contributed by atoms with Gasteiger partial charge in [-0.2, -0.15) is 5.10 Å². The molecule has 0 saturated heterocycles. The summed E-state index contributed by atoms with van der Waals surface area (Å²) >= 11 is 1.45. The van der Waals surface area contributed by atoms with E-state index < -0.39 is 0 Å². The van der Waals surface area contributed by atoms with Crippen molar-refractivity contribution in [1.29, 1.82) is 0 Å². The number of thiazole rings is 1. The molecule has 3 aromatic heterocycles. The van der Waals surface area contributed by atoms with Crippen molar-refractivity contribution in [2.45, 2.75) is 52.5 Å². The highest BCUT2D eigenvalue weighted by molar-refractivity contribution is 7.13. The molecule has 0 aliphatic rings. The molecule has 35 heavy (non-hydrogen) atoms. The van der Waals surface area contributed by atoms with Crippen LogP contribution in [0.3, 0.4) is 0 Å². The summed E-state index contributed by atoms with van der Waals surface area (Å²) in [5.41, 5.74) is 4.74. The minimum atomic E-state index is -0.0926. The van der Waals surface area contributed by atoms with Gasteiger partial charge in [-0.3, -0.25) is 9.48 Å². The summed E-state index contributed by atoms with van der Waals surface area (Å²) in [5, 5.41) is 11.5. The summed E-state index contributed by atoms with van der Waals surface area (Å²) in [6.45, 7) is 10.4. The molecule has 0 radical (unpaired) electrons. The van der Waals surface area contributed by atoms with Crippen LogP contribution in [-0.2, 0) is 12.5 Å². The Hall–Kier alpha value is -3.59. The lowest BCUT2D eigenvalue weighted by molar-refractivity contribution is 0.0939. The molecular weight excluding hydrogens is 458 g/mol. The van der Waals surface area contributed by atoms with Crippen molar-refractivity contribution in [1.82, 2.24) is 30.0 Å². The lowest BCUT2D eigenvalue weighted by Gasteiger charge is -2.20. The van der Waals surface area contributed by atoms with Crippen LogP contribution in [0.5, 0.6) is 0 Å². The predicted octanol–water partition coefficient (Wildman–Crippen LogP) is 5.56. The number of carbonyl (C=O) groups excluding carboxylic acids is 1. The first-order chi connectivity index (χ1) is 16.6. The summed E-state index contributed by atoms with van der Waals surface area (Å²) in [4.78, 5) is 27.0. The second-order valence-electron chi connectivity index (χ2n) is 9.58. The van der Waals surface area contributed by atoms with Gasteiger partial charge in [0.25, 0.3) is 5.91 Å². The maximum Gasteiger partial charge on any atom is 0.263 e. The van der Waals surface area contributed by atoms with Crippen LogP contribution in [0.1, 0.15) is 66.0 Å². The van der Waals surface area contributed by atoms with Crippen molar-refractivity contribution < 1.29 is 4.79 Å². The molecule has 4 aromatic rings. The van der Waals surface area contributed by atoms with E-state index in [0.29, 0.717) is 10.8 Å². The number of rotatable bonds is 7. The summed E-state index contributed by atoms with van der Waals surface area (Å²) in [6, 6.07) is 8.01. The highest BCUT2D eigenvalue weighted by Crippen LogP contribution is 2.29. The van der Waals surface area contributed by atoms with Gasteiger partial charge in [0.05, 0.1) is 34.8 Å². The van der Waals surface area contributed by atoms with E-state index in [4.69, 9.17) is 0 Å². The summed E-state index contributed by atoms with van der Waals surface area (Å²) in [5.74, 6) is 0.422. The molecule has 0 fully saturated rings. The fraction of sp³-hybridized carbons (Fsp3) is 0.346. The lowest BCUT2D eigenvalue weighted by atomic mass is 9.96. The first kappa shape index (κ1) is 24.5. The van der Waals surface area contributed by atoms with Crippen LogP contribution in [0.4, 0.5) is 11.6 Å². The number of hydrogen-bond acceptors (Lipinski definition) is 7. The largest absolute Gasteiger partial charge is 0.344 e. The van der Waals surface area contributed by atoms with Crippen LogP contribution >= 0.6 is 11.3 Å². The number of anilines is 2. The Morgan fingerprint density at radius 1 is 1.17 bits per heavy atom. The van der Waals surface area contributed by atoms with Gasteiger partial charge in [-0.15, -0.1) is 11.3 Å². The number of aromatic nitrogens is 5. The number of carbonyl (C=O) groups is 1. The van der Waals surface area contributed by atoms with E-state index >= 15 is 0 Å². The van der Waals surface area contributed by atoms with Crippen LogP contribution in [0.15, 0.2) is 49.1 Å². The van der Waals surface area contributed by atoms with Gasteiger partial charge in [-0.25, -0.2) is 15.0 Å². The van der Waals surface area contributed by atoms with Gasteiger partial charge >= 0.3 is 0 Å². The predicted molar refractivity (Wildman–Crippen MR) is 140 cm³/mol. The van der Waals surface area contributed by atoms with E-state index in [1.165, 1.54) is 11.3 Å². The van der Waals surface area contributed by atoms with Crippen molar-refractivity contribution in [3.05, 3.63) is 70.1 Å². The van der Waals surface area contributed by atoms with E-state index in [-0.39, 0.29) is 17.4 Å². The molecule has 1 amide bonds. The van der Waals surface area contributed by atoms with Gasteiger partial charge in [-0.05, 0) is 36.6 Å². The Morgan fingerprint density at radius 2 is 1.97 bits per heavy atom. The Labute approximate surface area is 209 Å². The Balaban J connectivity index is 1.51. The molecule has 2 N–H and O–H groups in total. The molecule has 8 nitrogen and oxygen atoms in total. The van der Waals surface area contributed by atoms with Gasteiger partial charge in [-0.1, -0.05) is 39.8 Å². The van der Waals surface area contributed by atoms with Crippen LogP contribution in [0.2, 0.25) is 0 Å². The number of amides is 1. The fourth-order valence-corrected chi connectivity index (χ4v) is 4.65. The second kappa shape index (κ2) is 9.95. The first-order valence-corrected chi connectivity index (χ1v) is 12.4. The van der Waals surface area contributed by atoms with Gasteiger partial charge in [0.2, 0.25) is 5.95 Å². The van der Waals surface area contributed by atoms with Crippen molar-refractivity contribution in [2.75, 3.05) is 5.32 Å².